The Labute approximate surface area is 81.6 Å². The maximum atomic E-state index is 9.83. The predicted molar refractivity (Wildman–Crippen MR) is 55.7 cm³/mol. The highest BCUT2D eigenvalue weighted by Gasteiger charge is 2.31. The van der Waals surface area contributed by atoms with E-state index in [1.54, 1.807) is 19.9 Å². The standard InChI is InChI=1S/C11H22O2/c1-7-9(4)13-10(8(2)3)11(5,6)12/h7-10,12H,1H2,2-6H3/t9?,10-/m0/s1. The zero-order valence-electron chi connectivity index (χ0n) is 9.37. The molecule has 13 heavy (non-hydrogen) atoms. The van der Waals surface area contributed by atoms with Crippen LogP contribution in [0.15, 0.2) is 12.7 Å². The lowest BCUT2D eigenvalue weighted by Gasteiger charge is -2.34. The lowest BCUT2D eigenvalue weighted by molar-refractivity contribution is -0.122. The predicted octanol–water partition coefficient (Wildman–Crippen LogP) is 2.37. The van der Waals surface area contributed by atoms with Crippen LogP contribution in [0.2, 0.25) is 0 Å². The fraction of sp³-hybridized carbons (Fsp3) is 0.818. The van der Waals surface area contributed by atoms with E-state index in [1.165, 1.54) is 0 Å². The van der Waals surface area contributed by atoms with Gasteiger partial charge in [0.25, 0.3) is 0 Å². The Hall–Kier alpha value is -0.340. The average Bonchev–Trinajstić information content (AvgIpc) is 1.96. The minimum absolute atomic E-state index is 0.0150. The Morgan fingerprint density at radius 2 is 1.77 bits per heavy atom. The molecule has 0 bridgehead atoms. The monoisotopic (exact) mass is 186 g/mol. The third kappa shape index (κ3) is 4.44. The van der Waals surface area contributed by atoms with Crippen LogP contribution >= 0.6 is 0 Å². The smallest absolute Gasteiger partial charge is 0.0887 e. The first-order valence-electron chi connectivity index (χ1n) is 4.79. The van der Waals surface area contributed by atoms with Crippen molar-refractivity contribution in [1.82, 2.24) is 0 Å². The first kappa shape index (κ1) is 12.7. The van der Waals surface area contributed by atoms with Crippen molar-refractivity contribution in [3.63, 3.8) is 0 Å². The molecule has 1 N–H and O–H groups in total. The first-order valence-corrected chi connectivity index (χ1v) is 4.79. The summed E-state index contributed by atoms with van der Waals surface area (Å²) in [4.78, 5) is 0. The fourth-order valence-electron chi connectivity index (χ4n) is 1.43. The van der Waals surface area contributed by atoms with E-state index in [1.807, 2.05) is 20.8 Å². The van der Waals surface area contributed by atoms with Crippen molar-refractivity contribution in [2.24, 2.45) is 5.92 Å². The number of hydrogen-bond acceptors (Lipinski definition) is 2. The Bertz CT molecular complexity index is 156. The molecule has 0 fully saturated rings. The molecule has 0 amide bonds. The molecule has 2 atom stereocenters. The minimum atomic E-state index is -0.800. The molecule has 78 valence electrons. The molecular weight excluding hydrogens is 164 g/mol. The molecule has 0 saturated carbocycles. The van der Waals surface area contributed by atoms with Gasteiger partial charge in [0, 0.05) is 0 Å². The Kier molecular flexibility index (Phi) is 4.65. The summed E-state index contributed by atoms with van der Waals surface area (Å²) in [6, 6.07) is 0. The summed E-state index contributed by atoms with van der Waals surface area (Å²) in [6.45, 7) is 13.2. The molecular formula is C11H22O2. The van der Waals surface area contributed by atoms with Gasteiger partial charge in [-0.25, -0.2) is 0 Å². The summed E-state index contributed by atoms with van der Waals surface area (Å²) in [5.41, 5.74) is -0.800. The van der Waals surface area contributed by atoms with Crippen LogP contribution in [0.4, 0.5) is 0 Å². The third-order valence-electron chi connectivity index (χ3n) is 1.99. The highest BCUT2D eigenvalue weighted by Crippen LogP contribution is 2.21. The van der Waals surface area contributed by atoms with Crippen molar-refractivity contribution < 1.29 is 9.84 Å². The van der Waals surface area contributed by atoms with Gasteiger partial charge in [0.05, 0.1) is 17.8 Å². The molecule has 0 aliphatic rings. The maximum Gasteiger partial charge on any atom is 0.0887 e. The van der Waals surface area contributed by atoms with Crippen LogP contribution in [0, 0.1) is 5.92 Å². The van der Waals surface area contributed by atoms with Gasteiger partial charge in [-0.15, -0.1) is 6.58 Å². The van der Waals surface area contributed by atoms with Crippen LogP contribution in [0.1, 0.15) is 34.6 Å². The molecule has 2 heteroatoms. The zero-order chi connectivity index (χ0) is 10.6. The fourth-order valence-corrected chi connectivity index (χ4v) is 1.43. The van der Waals surface area contributed by atoms with Crippen molar-refractivity contribution in [1.29, 1.82) is 0 Å². The van der Waals surface area contributed by atoms with E-state index in [0.29, 0.717) is 5.92 Å². The van der Waals surface area contributed by atoms with Crippen LogP contribution in [-0.4, -0.2) is 22.9 Å². The van der Waals surface area contributed by atoms with Crippen molar-refractivity contribution in [3.8, 4) is 0 Å². The second kappa shape index (κ2) is 4.77. The normalized spacial score (nSPS) is 17.2. The summed E-state index contributed by atoms with van der Waals surface area (Å²) >= 11 is 0. The highest BCUT2D eigenvalue weighted by molar-refractivity contribution is 4.85. The van der Waals surface area contributed by atoms with Crippen molar-refractivity contribution in [2.75, 3.05) is 0 Å². The maximum absolute atomic E-state index is 9.83. The van der Waals surface area contributed by atoms with E-state index in [4.69, 9.17) is 4.74 Å². The molecule has 0 aromatic carbocycles. The van der Waals surface area contributed by atoms with Crippen LogP contribution in [-0.2, 0) is 4.74 Å². The molecule has 0 heterocycles. The molecule has 0 spiro atoms. The molecule has 0 aromatic rings. The summed E-state index contributed by atoms with van der Waals surface area (Å²) in [6.07, 6.45) is 1.57. The molecule has 0 radical (unpaired) electrons. The summed E-state index contributed by atoms with van der Waals surface area (Å²) < 4.78 is 5.66. The van der Waals surface area contributed by atoms with Gasteiger partial charge in [0.1, 0.15) is 0 Å². The SMILES string of the molecule is C=CC(C)O[C@@H](C(C)C)C(C)(C)O. The molecule has 0 saturated heterocycles. The average molecular weight is 186 g/mol. The van der Waals surface area contributed by atoms with Gasteiger partial charge < -0.3 is 9.84 Å². The molecule has 0 rings (SSSR count). The number of rotatable bonds is 5. The van der Waals surface area contributed by atoms with E-state index >= 15 is 0 Å². The van der Waals surface area contributed by atoms with E-state index < -0.39 is 5.60 Å². The molecule has 0 aliphatic carbocycles. The number of ether oxygens (including phenoxy) is 1. The molecule has 1 unspecified atom stereocenters. The van der Waals surface area contributed by atoms with Gasteiger partial charge in [0.15, 0.2) is 0 Å². The van der Waals surface area contributed by atoms with E-state index in [0.717, 1.165) is 0 Å². The molecule has 0 aromatic heterocycles. The zero-order valence-corrected chi connectivity index (χ0v) is 9.37. The van der Waals surface area contributed by atoms with Gasteiger partial charge >= 0.3 is 0 Å². The van der Waals surface area contributed by atoms with E-state index in [-0.39, 0.29) is 12.2 Å². The largest absolute Gasteiger partial charge is 0.388 e. The number of hydrogen-bond donors (Lipinski definition) is 1. The van der Waals surface area contributed by atoms with E-state index in [9.17, 15) is 5.11 Å². The summed E-state index contributed by atoms with van der Waals surface area (Å²) in [7, 11) is 0. The Morgan fingerprint density at radius 1 is 1.31 bits per heavy atom. The lowest BCUT2D eigenvalue weighted by atomic mass is 9.92. The van der Waals surface area contributed by atoms with Crippen LogP contribution in [0.3, 0.4) is 0 Å². The third-order valence-corrected chi connectivity index (χ3v) is 1.99. The van der Waals surface area contributed by atoms with Gasteiger partial charge in [-0.2, -0.15) is 0 Å². The number of aliphatic hydroxyl groups is 1. The van der Waals surface area contributed by atoms with Gasteiger partial charge in [-0.3, -0.25) is 0 Å². The topological polar surface area (TPSA) is 29.5 Å². The van der Waals surface area contributed by atoms with Crippen molar-refractivity contribution in [2.45, 2.75) is 52.4 Å². The van der Waals surface area contributed by atoms with Crippen LogP contribution < -0.4 is 0 Å². The van der Waals surface area contributed by atoms with Crippen molar-refractivity contribution >= 4 is 0 Å². The molecule has 2 nitrogen and oxygen atoms in total. The second-order valence-electron chi connectivity index (χ2n) is 4.40. The van der Waals surface area contributed by atoms with Crippen LogP contribution in [0.25, 0.3) is 0 Å². The minimum Gasteiger partial charge on any atom is -0.388 e. The summed E-state index contributed by atoms with van der Waals surface area (Å²) in [5.74, 6) is 0.294. The van der Waals surface area contributed by atoms with Gasteiger partial charge in [0.2, 0.25) is 0 Å². The van der Waals surface area contributed by atoms with Crippen molar-refractivity contribution in [3.05, 3.63) is 12.7 Å². The Balaban J connectivity index is 4.36. The lowest BCUT2D eigenvalue weighted by Crippen LogP contribution is -2.43. The summed E-state index contributed by atoms with van der Waals surface area (Å²) in [5, 5.41) is 9.83. The second-order valence-corrected chi connectivity index (χ2v) is 4.40. The van der Waals surface area contributed by atoms with Gasteiger partial charge in [-0.1, -0.05) is 19.9 Å². The van der Waals surface area contributed by atoms with E-state index in [2.05, 4.69) is 6.58 Å². The quantitative estimate of drug-likeness (QED) is 0.668. The molecule has 0 aliphatic heterocycles. The first-order chi connectivity index (χ1) is 5.79. The van der Waals surface area contributed by atoms with Crippen LogP contribution in [0.5, 0.6) is 0 Å². The highest BCUT2D eigenvalue weighted by atomic mass is 16.5. The Morgan fingerprint density at radius 3 is 2.00 bits per heavy atom. The van der Waals surface area contributed by atoms with Gasteiger partial charge in [-0.05, 0) is 26.7 Å².